The van der Waals surface area contributed by atoms with Crippen molar-refractivity contribution in [1.82, 2.24) is 0 Å². The van der Waals surface area contributed by atoms with E-state index in [0.29, 0.717) is 0 Å². The molecule has 1 aromatic rings. The van der Waals surface area contributed by atoms with Gasteiger partial charge in [-0.25, -0.2) is 0 Å². The number of carboxylic acids is 1. The molecule has 0 aromatic heterocycles. The third-order valence-corrected chi connectivity index (χ3v) is 2.94. The standard InChI is InChI=1S/C11H10O5/c12-6-4-11(5-6,10(15)16)7-2-1-3-8(13)9(7)14/h1-3,13-14H,4-5H2,(H,15,16). The summed E-state index contributed by atoms with van der Waals surface area (Å²) in [6.45, 7) is 0. The molecule has 0 bridgehead atoms. The number of ketones is 1. The van der Waals surface area contributed by atoms with Gasteiger partial charge in [-0.1, -0.05) is 12.1 Å². The number of aliphatic carboxylic acids is 1. The monoisotopic (exact) mass is 222 g/mol. The summed E-state index contributed by atoms with van der Waals surface area (Å²) in [5.74, 6) is -2.16. The van der Waals surface area contributed by atoms with Gasteiger partial charge in [0.25, 0.3) is 0 Å². The molecule has 0 atom stereocenters. The third-order valence-electron chi connectivity index (χ3n) is 2.94. The molecule has 5 nitrogen and oxygen atoms in total. The predicted octanol–water partition coefficient (Wildman–Crippen LogP) is 0.783. The average molecular weight is 222 g/mol. The van der Waals surface area contributed by atoms with E-state index in [-0.39, 0.29) is 29.9 Å². The van der Waals surface area contributed by atoms with Crippen LogP contribution in [0.5, 0.6) is 11.5 Å². The van der Waals surface area contributed by atoms with Crippen LogP contribution in [0, 0.1) is 0 Å². The lowest BCUT2D eigenvalue weighted by Gasteiger charge is -2.36. The van der Waals surface area contributed by atoms with Crippen molar-refractivity contribution in [1.29, 1.82) is 0 Å². The van der Waals surface area contributed by atoms with Crippen LogP contribution in [-0.2, 0) is 15.0 Å². The summed E-state index contributed by atoms with van der Waals surface area (Å²) < 4.78 is 0. The molecule has 0 unspecified atom stereocenters. The second-order valence-corrected chi connectivity index (χ2v) is 3.95. The lowest BCUT2D eigenvalue weighted by Crippen LogP contribution is -2.48. The first kappa shape index (κ1) is 10.5. The minimum absolute atomic E-state index is 0.0969. The zero-order valence-electron chi connectivity index (χ0n) is 8.30. The number of Topliss-reactive ketones (excluding diaryl/α,β-unsaturated/α-hetero) is 1. The highest BCUT2D eigenvalue weighted by Gasteiger charge is 2.53. The Morgan fingerprint density at radius 3 is 2.38 bits per heavy atom. The minimum Gasteiger partial charge on any atom is -0.504 e. The van der Waals surface area contributed by atoms with Crippen LogP contribution in [0.3, 0.4) is 0 Å². The molecule has 0 spiro atoms. The molecule has 3 N–H and O–H groups in total. The topological polar surface area (TPSA) is 94.8 Å². The second-order valence-electron chi connectivity index (χ2n) is 3.95. The van der Waals surface area contributed by atoms with Gasteiger partial charge in [-0.15, -0.1) is 0 Å². The van der Waals surface area contributed by atoms with Gasteiger partial charge in [-0.3, -0.25) is 9.59 Å². The number of carbonyl (C=O) groups excluding carboxylic acids is 1. The van der Waals surface area contributed by atoms with Gasteiger partial charge in [-0.05, 0) is 6.07 Å². The van der Waals surface area contributed by atoms with E-state index in [0.717, 1.165) is 0 Å². The number of hydrogen-bond donors (Lipinski definition) is 3. The Hall–Kier alpha value is -2.04. The van der Waals surface area contributed by atoms with Crippen molar-refractivity contribution in [2.24, 2.45) is 0 Å². The Kier molecular flexibility index (Phi) is 2.11. The van der Waals surface area contributed by atoms with Crippen LogP contribution in [0.15, 0.2) is 18.2 Å². The van der Waals surface area contributed by atoms with Crippen LogP contribution in [-0.4, -0.2) is 27.1 Å². The fourth-order valence-corrected chi connectivity index (χ4v) is 2.00. The first-order valence-electron chi connectivity index (χ1n) is 4.74. The quantitative estimate of drug-likeness (QED) is 0.643. The number of hydrogen-bond acceptors (Lipinski definition) is 4. The van der Waals surface area contributed by atoms with Crippen molar-refractivity contribution in [3.63, 3.8) is 0 Å². The van der Waals surface area contributed by atoms with Gasteiger partial charge in [0.1, 0.15) is 11.2 Å². The van der Waals surface area contributed by atoms with Crippen molar-refractivity contribution < 1.29 is 24.9 Å². The summed E-state index contributed by atoms with van der Waals surface area (Å²) in [6, 6.07) is 4.11. The molecule has 84 valence electrons. The van der Waals surface area contributed by atoms with Gasteiger partial charge in [0, 0.05) is 18.4 Å². The SMILES string of the molecule is O=C1CC(C(=O)O)(c2cccc(O)c2O)C1. The normalized spacial score (nSPS) is 17.9. The van der Waals surface area contributed by atoms with Crippen molar-refractivity contribution in [3.05, 3.63) is 23.8 Å². The first-order valence-corrected chi connectivity index (χ1v) is 4.74. The summed E-state index contributed by atoms with van der Waals surface area (Å²) >= 11 is 0. The van der Waals surface area contributed by atoms with E-state index in [1.807, 2.05) is 0 Å². The van der Waals surface area contributed by atoms with Gasteiger partial charge < -0.3 is 15.3 Å². The summed E-state index contributed by atoms with van der Waals surface area (Å²) in [5, 5.41) is 28.0. The molecular weight excluding hydrogens is 212 g/mol. The number of para-hydroxylation sites is 1. The van der Waals surface area contributed by atoms with Gasteiger partial charge in [-0.2, -0.15) is 0 Å². The van der Waals surface area contributed by atoms with E-state index < -0.39 is 17.1 Å². The molecule has 0 saturated heterocycles. The molecule has 1 fully saturated rings. The summed E-state index contributed by atoms with van der Waals surface area (Å²) in [6.07, 6.45) is -0.279. The van der Waals surface area contributed by atoms with Crippen molar-refractivity contribution in [2.45, 2.75) is 18.3 Å². The van der Waals surface area contributed by atoms with Gasteiger partial charge >= 0.3 is 5.97 Å². The average Bonchev–Trinajstić information content (AvgIpc) is 2.17. The molecule has 0 amide bonds. The van der Waals surface area contributed by atoms with Crippen LogP contribution in [0.2, 0.25) is 0 Å². The molecule has 1 aliphatic rings. The molecule has 1 saturated carbocycles. The summed E-state index contributed by atoms with van der Waals surface area (Å²) in [5.41, 5.74) is -1.28. The Labute approximate surface area is 91.0 Å². The number of aromatic hydroxyl groups is 2. The Bertz CT molecular complexity index is 469. The fraction of sp³-hybridized carbons (Fsp3) is 0.273. The maximum atomic E-state index is 11.2. The smallest absolute Gasteiger partial charge is 0.315 e. The van der Waals surface area contributed by atoms with Crippen LogP contribution in [0.25, 0.3) is 0 Å². The Balaban J connectivity index is 2.53. The predicted molar refractivity (Wildman–Crippen MR) is 53.3 cm³/mol. The Morgan fingerprint density at radius 2 is 1.88 bits per heavy atom. The van der Waals surface area contributed by atoms with Crippen LogP contribution >= 0.6 is 0 Å². The highest BCUT2D eigenvalue weighted by molar-refractivity contribution is 6.02. The molecule has 0 heterocycles. The zero-order chi connectivity index (χ0) is 11.9. The maximum absolute atomic E-state index is 11.2. The summed E-state index contributed by atoms with van der Waals surface area (Å²) in [4.78, 5) is 22.1. The van der Waals surface area contributed by atoms with E-state index >= 15 is 0 Å². The molecular formula is C11H10O5. The first-order chi connectivity index (χ1) is 7.47. The molecule has 0 radical (unpaired) electrons. The number of phenolic OH excluding ortho intramolecular Hbond substituents is 2. The highest BCUT2D eigenvalue weighted by Crippen LogP contribution is 2.47. The third kappa shape index (κ3) is 1.25. The van der Waals surface area contributed by atoms with E-state index in [2.05, 4.69) is 0 Å². The summed E-state index contributed by atoms with van der Waals surface area (Å²) in [7, 11) is 0. The van der Waals surface area contributed by atoms with Crippen LogP contribution in [0.1, 0.15) is 18.4 Å². The minimum atomic E-state index is -1.38. The van der Waals surface area contributed by atoms with Crippen molar-refractivity contribution in [3.8, 4) is 11.5 Å². The van der Waals surface area contributed by atoms with E-state index in [9.17, 15) is 19.8 Å². The lowest BCUT2D eigenvalue weighted by atomic mass is 9.63. The largest absolute Gasteiger partial charge is 0.504 e. The number of benzene rings is 1. The molecule has 1 aliphatic carbocycles. The van der Waals surface area contributed by atoms with E-state index in [1.165, 1.54) is 18.2 Å². The van der Waals surface area contributed by atoms with Crippen molar-refractivity contribution >= 4 is 11.8 Å². The highest BCUT2D eigenvalue weighted by atomic mass is 16.4. The fourth-order valence-electron chi connectivity index (χ4n) is 2.00. The van der Waals surface area contributed by atoms with Crippen LogP contribution < -0.4 is 0 Å². The molecule has 5 heteroatoms. The molecule has 1 aromatic carbocycles. The van der Waals surface area contributed by atoms with Crippen molar-refractivity contribution in [2.75, 3.05) is 0 Å². The van der Waals surface area contributed by atoms with E-state index in [1.54, 1.807) is 0 Å². The van der Waals surface area contributed by atoms with Gasteiger partial charge in [0.15, 0.2) is 11.5 Å². The molecule has 2 rings (SSSR count). The maximum Gasteiger partial charge on any atom is 0.315 e. The number of carbonyl (C=O) groups is 2. The van der Waals surface area contributed by atoms with Gasteiger partial charge in [0.05, 0.1) is 0 Å². The number of phenols is 2. The number of carboxylic acid groups (broad SMARTS) is 1. The zero-order valence-corrected chi connectivity index (χ0v) is 8.30. The van der Waals surface area contributed by atoms with Crippen LogP contribution in [0.4, 0.5) is 0 Å². The molecule has 0 aliphatic heterocycles. The molecule has 16 heavy (non-hydrogen) atoms. The Morgan fingerprint density at radius 1 is 1.25 bits per heavy atom. The van der Waals surface area contributed by atoms with E-state index in [4.69, 9.17) is 5.11 Å². The van der Waals surface area contributed by atoms with Gasteiger partial charge in [0.2, 0.25) is 0 Å². The second kappa shape index (κ2) is 3.23. The number of rotatable bonds is 2. The lowest BCUT2D eigenvalue weighted by molar-refractivity contribution is -0.153.